The van der Waals surface area contributed by atoms with Gasteiger partial charge in [-0.25, -0.2) is 0 Å². The maximum Gasteiger partial charge on any atom is 0.0907 e. The summed E-state index contributed by atoms with van der Waals surface area (Å²) >= 11 is 3.52. The maximum absolute atomic E-state index is 4.31. The van der Waals surface area contributed by atoms with Crippen LogP contribution in [0.5, 0.6) is 0 Å². The predicted octanol–water partition coefficient (Wildman–Crippen LogP) is 4.31. The molecule has 0 amide bonds. The van der Waals surface area contributed by atoms with Gasteiger partial charge in [-0.2, -0.15) is 0 Å². The van der Waals surface area contributed by atoms with Crippen molar-refractivity contribution in [2.24, 2.45) is 0 Å². The molecule has 0 aliphatic heterocycles. The fraction of sp³-hybridized carbons (Fsp3) is 0.125. The van der Waals surface area contributed by atoms with Gasteiger partial charge >= 0.3 is 0 Å². The van der Waals surface area contributed by atoms with Gasteiger partial charge in [0.15, 0.2) is 0 Å². The lowest BCUT2D eigenvalue weighted by Crippen LogP contribution is -2.00. The van der Waals surface area contributed by atoms with Crippen molar-refractivity contribution < 1.29 is 0 Å². The van der Waals surface area contributed by atoms with Gasteiger partial charge in [0.1, 0.15) is 0 Å². The van der Waals surface area contributed by atoms with Crippen LogP contribution in [0.2, 0.25) is 0 Å². The summed E-state index contributed by atoms with van der Waals surface area (Å²) in [6, 6.07) is 12.4. The molecular formula is C16H14BrN3. The SMILES string of the molecule is Cc1cc(CNc2ccc3nccnc3c2)ccc1Br. The molecule has 0 unspecified atom stereocenters. The summed E-state index contributed by atoms with van der Waals surface area (Å²) in [7, 11) is 0. The second-order valence-electron chi connectivity index (χ2n) is 4.70. The van der Waals surface area contributed by atoms with E-state index in [1.807, 2.05) is 18.2 Å². The zero-order chi connectivity index (χ0) is 13.9. The number of hydrogen-bond donors (Lipinski definition) is 1. The molecule has 1 N–H and O–H groups in total. The molecule has 1 heterocycles. The Morgan fingerprint density at radius 1 is 1.00 bits per heavy atom. The second kappa shape index (κ2) is 5.59. The minimum absolute atomic E-state index is 0.792. The Labute approximate surface area is 126 Å². The van der Waals surface area contributed by atoms with Gasteiger partial charge in [0, 0.05) is 29.1 Å². The van der Waals surface area contributed by atoms with Gasteiger partial charge in [0.05, 0.1) is 11.0 Å². The predicted molar refractivity (Wildman–Crippen MR) is 85.7 cm³/mol. The average Bonchev–Trinajstić information content (AvgIpc) is 2.48. The van der Waals surface area contributed by atoms with Crippen LogP contribution in [-0.4, -0.2) is 9.97 Å². The van der Waals surface area contributed by atoms with Gasteiger partial charge in [-0.1, -0.05) is 28.1 Å². The zero-order valence-corrected chi connectivity index (χ0v) is 12.7. The monoisotopic (exact) mass is 327 g/mol. The smallest absolute Gasteiger partial charge is 0.0907 e. The average molecular weight is 328 g/mol. The molecule has 2 aromatic carbocycles. The summed E-state index contributed by atoms with van der Waals surface area (Å²) in [6.07, 6.45) is 3.42. The standard InChI is InChI=1S/C16H14BrN3/c1-11-8-12(2-4-14(11)17)10-20-13-3-5-15-16(9-13)19-7-6-18-15/h2-9,20H,10H2,1H3. The van der Waals surface area contributed by atoms with Crippen LogP contribution in [0, 0.1) is 6.92 Å². The third kappa shape index (κ3) is 2.80. The number of nitrogens with zero attached hydrogens (tertiary/aromatic N) is 2. The Hall–Kier alpha value is -1.94. The van der Waals surface area contributed by atoms with Crippen LogP contribution >= 0.6 is 15.9 Å². The summed E-state index contributed by atoms with van der Waals surface area (Å²) in [5.74, 6) is 0. The number of nitrogens with one attached hydrogen (secondary N) is 1. The van der Waals surface area contributed by atoms with E-state index < -0.39 is 0 Å². The molecule has 0 saturated heterocycles. The third-order valence-electron chi connectivity index (χ3n) is 3.19. The molecule has 100 valence electrons. The number of hydrogen-bond acceptors (Lipinski definition) is 3. The molecule has 3 aromatic rings. The number of fused-ring (bicyclic) bond motifs is 1. The number of aromatic nitrogens is 2. The van der Waals surface area contributed by atoms with Crippen LogP contribution in [-0.2, 0) is 6.54 Å². The minimum Gasteiger partial charge on any atom is -0.381 e. The van der Waals surface area contributed by atoms with E-state index in [0.29, 0.717) is 0 Å². The zero-order valence-electron chi connectivity index (χ0n) is 11.1. The Morgan fingerprint density at radius 2 is 1.80 bits per heavy atom. The largest absolute Gasteiger partial charge is 0.381 e. The van der Waals surface area contributed by atoms with Crippen molar-refractivity contribution in [1.29, 1.82) is 0 Å². The lowest BCUT2D eigenvalue weighted by Gasteiger charge is -2.08. The molecule has 3 nitrogen and oxygen atoms in total. The molecule has 4 heteroatoms. The van der Waals surface area contributed by atoms with E-state index in [4.69, 9.17) is 0 Å². The Bertz CT molecular complexity index is 756. The molecule has 3 rings (SSSR count). The van der Waals surface area contributed by atoms with Crippen LogP contribution in [0.4, 0.5) is 5.69 Å². The van der Waals surface area contributed by atoms with E-state index in [-0.39, 0.29) is 0 Å². The minimum atomic E-state index is 0.792. The maximum atomic E-state index is 4.31. The van der Waals surface area contributed by atoms with Crippen molar-refractivity contribution >= 4 is 32.7 Å². The molecule has 0 radical (unpaired) electrons. The normalized spacial score (nSPS) is 10.7. The highest BCUT2D eigenvalue weighted by Crippen LogP contribution is 2.19. The number of anilines is 1. The van der Waals surface area contributed by atoms with Crippen LogP contribution in [0.15, 0.2) is 53.3 Å². The molecule has 0 bridgehead atoms. The van der Waals surface area contributed by atoms with Gasteiger partial charge in [0.25, 0.3) is 0 Å². The Balaban J connectivity index is 1.77. The van der Waals surface area contributed by atoms with E-state index in [0.717, 1.165) is 27.7 Å². The highest BCUT2D eigenvalue weighted by molar-refractivity contribution is 9.10. The van der Waals surface area contributed by atoms with Gasteiger partial charge in [-0.3, -0.25) is 9.97 Å². The fourth-order valence-corrected chi connectivity index (χ4v) is 2.34. The van der Waals surface area contributed by atoms with E-state index in [1.54, 1.807) is 12.4 Å². The molecular weight excluding hydrogens is 314 g/mol. The summed E-state index contributed by atoms with van der Waals surface area (Å²) in [5, 5.41) is 3.42. The molecule has 0 saturated carbocycles. The molecule has 0 atom stereocenters. The number of halogens is 1. The van der Waals surface area contributed by atoms with E-state index in [9.17, 15) is 0 Å². The molecule has 0 fully saturated rings. The van der Waals surface area contributed by atoms with Crippen molar-refractivity contribution in [3.8, 4) is 0 Å². The van der Waals surface area contributed by atoms with Gasteiger partial charge in [-0.15, -0.1) is 0 Å². The van der Waals surface area contributed by atoms with Crippen LogP contribution in [0.3, 0.4) is 0 Å². The molecule has 0 aliphatic rings. The lowest BCUT2D eigenvalue weighted by atomic mass is 10.1. The number of rotatable bonds is 3. The first-order chi connectivity index (χ1) is 9.72. The van der Waals surface area contributed by atoms with Gasteiger partial charge < -0.3 is 5.32 Å². The first kappa shape index (κ1) is 13.1. The lowest BCUT2D eigenvalue weighted by molar-refractivity contribution is 1.14. The summed E-state index contributed by atoms with van der Waals surface area (Å²) in [5.41, 5.74) is 5.37. The molecule has 20 heavy (non-hydrogen) atoms. The van der Waals surface area contributed by atoms with Crippen LogP contribution in [0.25, 0.3) is 11.0 Å². The number of aryl methyl sites for hydroxylation is 1. The molecule has 0 spiro atoms. The first-order valence-corrected chi connectivity index (χ1v) is 7.21. The Kier molecular flexibility index (Phi) is 3.65. The fourth-order valence-electron chi connectivity index (χ4n) is 2.09. The highest BCUT2D eigenvalue weighted by Gasteiger charge is 2.00. The summed E-state index contributed by atoms with van der Waals surface area (Å²) in [4.78, 5) is 8.58. The quantitative estimate of drug-likeness (QED) is 0.778. The van der Waals surface area contributed by atoms with Crippen molar-refractivity contribution in [1.82, 2.24) is 9.97 Å². The number of benzene rings is 2. The Morgan fingerprint density at radius 3 is 2.60 bits per heavy atom. The summed E-state index contributed by atoms with van der Waals surface area (Å²) < 4.78 is 1.14. The topological polar surface area (TPSA) is 37.8 Å². The molecule has 0 aliphatic carbocycles. The van der Waals surface area contributed by atoms with Crippen LogP contribution in [0.1, 0.15) is 11.1 Å². The van der Waals surface area contributed by atoms with Crippen LogP contribution < -0.4 is 5.32 Å². The van der Waals surface area contributed by atoms with Gasteiger partial charge in [0.2, 0.25) is 0 Å². The first-order valence-electron chi connectivity index (χ1n) is 6.42. The van der Waals surface area contributed by atoms with E-state index in [2.05, 4.69) is 56.3 Å². The van der Waals surface area contributed by atoms with E-state index in [1.165, 1.54) is 11.1 Å². The van der Waals surface area contributed by atoms with Crippen molar-refractivity contribution in [2.45, 2.75) is 13.5 Å². The van der Waals surface area contributed by atoms with Crippen molar-refractivity contribution in [3.05, 3.63) is 64.4 Å². The second-order valence-corrected chi connectivity index (χ2v) is 5.55. The summed E-state index contributed by atoms with van der Waals surface area (Å²) in [6.45, 7) is 2.89. The van der Waals surface area contributed by atoms with E-state index >= 15 is 0 Å². The van der Waals surface area contributed by atoms with Crippen molar-refractivity contribution in [3.63, 3.8) is 0 Å². The van der Waals surface area contributed by atoms with Gasteiger partial charge in [-0.05, 0) is 42.3 Å². The molecule has 1 aromatic heterocycles. The third-order valence-corrected chi connectivity index (χ3v) is 4.08. The van der Waals surface area contributed by atoms with Crippen molar-refractivity contribution in [2.75, 3.05) is 5.32 Å². The highest BCUT2D eigenvalue weighted by atomic mass is 79.9.